The van der Waals surface area contributed by atoms with Crippen LogP contribution in [-0.2, 0) is 0 Å². The summed E-state index contributed by atoms with van der Waals surface area (Å²) in [5.41, 5.74) is 2.01. The van der Waals surface area contributed by atoms with Gasteiger partial charge in [-0.3, -0.25) is 0 Å². The first-order valence-electron chi connectivity index (χ1n) is 5.46. The molecule has 2 aromatic carbocycles. The lowest BCUT2D eigenvalue weighted by Crippen LogP contribution is -2.00. The van der Waals surface area contributed by atoms with Gasteiger partial charge in [-0.25, -0.2) is 4.39 Å². The average molecular weight is 500 g/mol. The summed E-state index contributed by atoms with van der Waals surface area (Å²) in [4.78, 5) is -0.0487. The zero-order valence-electron chi connectivity index (χ0n) is 9.96. The van der Waals surface area contributed by atoms with Crippen LogP contribution >= 0.6 is 54.5 Å². The second kappa shape index (κ2) is 6.54. The molecule has 0 aliphatic carbocycles. The molecule has 0 saturated carbocycles. The largest absolute Gasteiger partial charge is 0.496 e. The molecule has 0 saturated heterocycles. The van der Waals surface area contributed by atoms with Crippen molar-refractivity contribution in [2.75, 3.05) is 7.11 Å². The first-order chi connectivity index (χ1) is 9.04. The molecule has 0 spiro atoms. The van der Waals surface area contributed by atoms with E-state index < -0.39 is 0 Å². The van der Waals surface area contributed by atoms with Gasteiger partial charge in [0.15, 0.2) is 0 Å². The molecule has 0 heterocycles. The van der Waals surface area contributed by atoms with E-state index in [0.717, 1.165) is 14.7 Å². The highest BCUT2D eigenvalue weighted by Gasteiger charge is 2.19. The van der Waals surface area contributed by atoms with E-state index in [1.807, 2.05) is 24.3 Å². The van der Waals surface area contributed by atoms with E-state index >= 15 is 0 Å². The molecule has 2 rings (SSSR count). The molecule has 0 amide bonds. The molecule has 5 heteroatoms. The van der Waals surface area contributed by atoms with Gasteiger partial charge in [-0.1, -0.05) is 34.1 Å². The third kappa shape index (κ3) is 3.31. The van der Waals surface area contributed by atoms with Crippen molar-refractivity contribution in [3.05, 3.63) is 61.4 Å². The molecule has 19 heavy (non-hydrogen) atoms. The first-order valence-corrected chi connectivity index (χ1v) is 8.24. The second-order valence-electron chi connectivity index (χ2n) is 3.89. The molecular weight excluding hydrogens is 490 g/mol. The zero-order chi connectivity index (χ0) is 14.0. The number of ether oxygens (including phenoxy) is 1. The van der Waals surface area contributed by atoms with Gasteiger partial charge in [0.05, 0.1) is 16.4 Å². The molecule has 0 bridgehead atoms. The maximum Gasteiger partial charge on any atom is 0.141 e. The topological polar surface area (TPSA) is 9.23 Å². The summed E-state index contributed by atoms with van der Waals surface area (Å²) in [6, 6.07) is 11.2. The summed E-state index contributed by atoms with van der Waals surface area (Å²) in [5, 5.41) is 0. The number of rotatable bonds is 3. The van der Waals surface area contributed by atoms with Gasteiger partial charge in [0.25, 0.3) is 0 Å². The Balaban J connectivity index is 2.52. The summed E-state index contributed by atoms with van der Waals surface area (Å²) in [6.07, 6.45) is 0. The van der Waals surface area contributed by atoms with Crippen LogP contribution in [0.1, 0.15) is 16.0 Å². The van der Waals surface area contributed by atoms with Crippen LogP contribution in [-0.4, -0.2) is 7.11 Å². The van der Waals surface area contributed by atoms with Gasteiger partial charge in [-0.15, -0.1) is 0 Å². The lowest BCUT2D eigenvalue weighted by molar-refractivity contribution is 0.406. The normalized spacial score (nSPS) is 12.3. The van der Waals surface area contributed by atoms with Crippen molar-refractivity contribution in [3.63, 3.8) is 0 Å². The van der Waals surface area contributed by atoms with Crippen LogP contribution in [0.15, 0.2) is 40.9 Å². The highest BCUT2D eigenvalue weighted by atomic mass is 127. The third-order valence-electron chi connectivity index (χ3n) is 2.72. The predicted molar refractivity (Wildman–Crippen MR) is 90.6 cm³/mol. The van der Waals surface area contributed by atoms with Crippen LogP contribution < -0.4 is 4.74 Å². The third-order valence-corrected chi connectivity index (χ3v) is 5.30. The molecule has 0 aliphatic rings. The molecule has 1 nitrogen and oxygen atoms in total. The minimum atomic E-state index is -0.331. The predicted octanol–water partition coefficient (Wildman–Crippen LogP) is 5.69. The van der Waals surface area contributed by atoms with Crippen LogP contribution in [0.3, 0.4) is 0 Å². The van der Waals surface area contributed by atoms with Crippen molar-refractivity contribution >= 4 is 54.5 Å². The molecule has 2 aromatic rings. The zero-order valence-corrected chi connectivity index (χ0v) is 15.3. The summed E-state index contributed by atoms with van der Waals surface area (Å²) in [7, 11) is 1.54. The average Bonchev–Trinajstić information content (AvgIpc) is 2.41. The fourth-order valence-electron chi connectivity index (χ4n) is 1.77. The van der Waals surface area contributed by atoms with Crippen LogP contribution in [0, 0.1) is 9.39 Å². The summed E-state index contributed by atoms with van der Waals surface area (Å²) < 4.78 is 20.4. The maximum atomic E-state index is 13.5. The smallest absolute Gasteiger partial charge is 0.141 e. The Kier molecular flexibility index (Phi) is 5.25. The van der Waals surface area contributed by atoms with Crippen molar-refractivity contribution in [2.45, 2.75) is 4.83 Å². The number of halogens is 4. The molecule has 0 aliphatic heterocycles. The highest BCUT2D eigenvalue weighted by Crippen LogP contribution is 2.40. The SMILES string of the molecule is COc1cc(F)c(Br)cc1C(Br)c1ccccc1I. The fourth-order valence-corrected chi connectivity index (χ4v) is 4.01. The van der Waals surface area contributed by atoms with Gasteiger partial charge < -0.3 is 4.74 Å². The van der Waals surface area contributed by atoms with Gasteiger partial charge in [0, 0.05) is 15.2 Å². The summed E-state index contributed by atoms with van der Waals surface area (Å²) in [5.74, 6) is 0.199. The molecule has 0 N–H and O–H groups in total. The monoisotopic (exact) mass is 498 g/mol. The molecular formula is C14H10Br2FIO. The van der Waals surface area contributed by atoms with Crippen molar-refractivity contribution < 1.29 is 9.13 Å². The van der Waals surface area contributed by atoms with Crippen molar-refractivity contribution in [2.24, 2.45) is 0 Å². The fraction of sp³-hybridized carbons (Fsp3) is 0.143. The van der Waals surface area contributed by atoms with Crippen molar-refractivity contribution in [1.82, 2.24) is 0 Å². The number of benzene rings is 2. The lowest BCUT2D eigenvalue weighted by Gasteiger charge is -2.16. The Morgan fingerprint density at radius 1 is 1.21 bits per heavy atom. The van der Waals surface area contributed by atoms with Gasteiger partial charge in [-0.05, 0) is 56.2 Å². The Bertz CT molecular complexity index is 604. The highest BCUT2D eigenvalue weighted by molar-refractivity contribution is 14.1. The van der Waals surface area contributed by atoms with Gasteiger partial charge in [0.1, 0.15) is 11.6 Å². The molecule has 0 radical (unpaired) electrons. The van der Waals surface area contributed by atoms with Crippen LogP contribution in [0.25, 0.3) is 0 Å². The lowest BCUT2D eigenvalue weighted by atomic mass is 10.0. The summed E-state index contributed by atoms with van der Waals surface area (Å²) in [6.45, 7) is 0. The molecule has 100 valence electrons. The van der Waals surface area contributed by atoms with Crippen LogP contribution in [0.4, 0.5) is 4.39 Å². The van der Waals surface area contributed by atoms with E-state index in [1.165, 1.54) is 6.07 Å². The summed E-state index contributed by atoms with van der Waals surface area (Å²) >= 11 is 9.17. The minimum absolute atomic E-state index is 0.0487. The van der Waals surface area contributed by atoms with Crippen molar-refractivity contribution in [1.29, 1.82) is 0 Å². The quantitative estimate of drug-likeness (QED) is 0.390. The molecule has 0 aromatic heterocycles. The number of hydrogen-bond donors (Lipinski definition) is 0. The van der Waals surface area contributed by atoms with Crippen molar-refractivity contribution in [3.8, 4) is 5.75 Å². The number of hydrogen-bond acceptors (Lipinski definition) is 1. The van der Waals surface area contributed by atoms with Gasteiger partial charge in [0.2, 0.25) is 0 Å². The second-order valence-corrected chi connectivity index (χ2v) is 6.82. The van der Waals surface area contributed by atoms with Gasteiger partial charge >= 0.3 is 0 Å². The van der Waals surface area contributed by atoms with E-state index in [1.54, 1.807) is 13.2 Å². The van der Waals surface area contributed by atoms with E-state index in [9.17, 15) is 4.39 Å². The molecule has 1 unspecified atom stereocenters. The minimum Gasteiger partial charge on any atom is -0.496 e. The Labute approximate surface area is 141 Å². The standard InChI is InChI=1S/C14H10Br2FIO/c1-19-13-7-11(17)10(15)6-9(13)14(16)8-4-2-3-5-12(8)18/h2-7,14H,1H3. The van der Waals surface area contributed by atoms with E-state index in [2.05, 4.69) is 54.5 Å². The van der Waals surface area contributed by atoms with Crippen LogP contribution in [0.2, 0.25) is 0 Å². The molecule has 0 fully saturated rings. The number of alkyl halides is 1. The first kappa shape index (κ1) is 15.3. The maximum absolute atomic E-state index is 13.5. The Morgan fingerprint density at radius 2 is 1.89 bits per heavy atom. The van der Waals surface area contributed by atoms with Crippen LogP contribution in [0.5, 0.6) is 5.75 Å². The number of methoxy groups -OCH3 is 1. The Morgan fingerprint density at radius 3 is 2.53 bits per heavy atom. The van der Waals surface area contributed by atoms with E-state index in [-0.39, 0.29) is 10.6 Å². The Hall–Kier alpha value is -0.140. The van der Waals surface area contributed by atoms with E-state index in [4.69, 9.17) is 4.74 Å². The van der Waals surface area contributed by atoms with Gasteiger partial charge in [-0.2, -0.15) is 0 Å². The van der Waals surface area contributed by atoms with E-state index in [0.29, 0.717) is 10.2 Å². The molecule has 1 atom stereocenters.